The summed E-state index contributed by atoms with van der Waals surface area (Å²) in [6.45, 7) is 2.89. The van der Waals surface area contributed by atoms with E-state index < -0.39 is 11.6 Å². The Morgan fingerprint density at radius 1 is 0.821 bits per heavy atom. The van der Waals surface area contributed by atoms with Gasteiger partial charge in [0, 0.05) is 37.8 Å². The summed E-state index contributed by atoms with van der Waals surface area (Å²) >= 11 is 0. The van der Waals surface area contributed by atoms with Gasteiger partial charge in [-0.05, 0) is 42.7 Å². The van der Waals surface area contributed by atoms with Gasteiger partial charge in [-0.1, -0.05) is 24.3 Å². The first-order valence-corrected chi connectivity index (χ1v) is 9.48. The van der Waals surface area contributed by atoms with Crippen molar-refractivity contribution < 1.29 is 13.5 Å². The van der Waals surface area contributed by atoms with Crippen LogP contribution in [0.3, 0.4) is 0 Å². The largest absolute Gasteiger partial charge is 0.457 e. The maximum atomic E-state index is 13.3. The van der Waals surface area contributed by atoms with E-state index in [-0.39, 0.29) is 5.75 Å². The normalized spacial score (nSPS) is 13.6. The van der Waals surface area contributed by atoms with Crippen molar-refractivity contribution in [2.24, 2.45) is 0 Å². The molecule has 0 spiro atoms. The lowest BCUT2D eigenvalue weighted by Crippen LogP contribution is -2.19. The number of benzene rings is 3. The van der Waals surface area contributed by atoms with Gasteiger partial charge >= 0.3 is 0 Å². The number of halogens is 2. The van der Waals surface area contributed by atoms with Crippen molar-refractivity contribution in [3.05, 3.63) is 83.9 Å². The van der Waals surface area contributed by atoms with Crippen molar-refractivity contribution in [2.75, 3.05) is 23.3 Å². The molecule has 1 aliphatic rings. The van der Waals surface area contributed by atoms with Crippen molar-refractivity contribution in [3.63, 3.8) is 0 Å². The van der Waals surface area contributed by atoms with Crippen LogP contribution < -0.4 is 15.0 Å². The molecule has 5 heteroatoms. The molecule has 3 aromatic rings. The zero-order valence-corrected chi connectivity index (χ0v) is 15.5. The first-order valence-electron chi connectivity index (χ1n) is 9.48. The highest BCUT2D eigenvalue weighted by Gasteiger charge is 2.15. The average Bonchev–Trinajstić information content (AvgIpc) is 3.21. The second-order valence-electron chi connectivity index (χ2n) is 6.92. The molecule has 144 valence electrons. The van der Waals surface area contributed by atoms with Crippen LogP contribution in [0.4, 0.5) is 20.2 Å². The minimum Gasteiger partial charge on any atom is -0.457 e. The molecular weight excluding hydrogens is 358 g/mol. The average molecular weight is 380 g/mol. The Labute approximate surface area is 163 Å². The SMILES string of the molecule is Fc1cc(F)cc(Oc2ccc(CNc3ccccc3N3CCCC3)cc2)c1. The summed E-state index contributed by atoms with van der Waals surface area (Å²) in [7, 11) is 0. The first kappa shape index (κ1) is 18.3. The number of nitrogens with one attached hydrogen (secondary N) is 1. The number of anilines is 2. The van der Waals surface area contributed by atoms with Gasteiger partial charge in [0.15, 0.2) is 0 Å². The molecule has 1 aliphatic heterocycles. The Hall–Kier alpha value is -3.08. The van der Waals surface area contributed by atoms with Gasteiger partial charge in [0.1, 0.15) is 23.1 Å². The van der Waals surface area contributed by atoms with Gasteiger partial charge in [-0.15, -0.1) is 0 Å². The summed E-state index contributed by atoms with van der Waals surface area (Å²) in [6, 6.07) is 19.0. The summed E-state index contributed by atoms with van der Waals surface area (Å²) in [4.78, 5) is 2.41. The second kappa shape index (κ2) is 8.30. The third-order valence-electron chi connectivity index (χ3n) is 4.83. The lowest BCUT2D eigenvalue weighted by molar-refractivity contribution is 0.468. The van der Waals surface area contributed by atoms with E-state index in [0.29, 0.717) is 12.3 Å². The van der Waals surface area contributed by atoms with Crippen LogP contribution in [0.15, 0.2) is 66.7 Å². The molecule has 0 radical (unpaired) electrons. The maximum Gasteiger partial charge on any atom is 0.133 e. The smallest absolute Gasteiger partial charge is 0.133 e. The molecule has 0 unspecified atom stereocenters. The van der Waals surface area contributed by atoms with Gasteiger partial charge in [-0.2, -0.15) is 0 Å². The molecule has 0 bridgehead atoms. The van der Waals surface area contributed by atoms with Crippen molar-refractivity contribution in [1.82, 2.24) is 0 Å². The van der Waals surface area contributed by atoms with Crippen LogP contribution >= 0.6 is 0 Å². The molecule has 1 N–H and O–H groups in total. The molecule has 3 aromatic carbocycles. The van der Waals surface area contributed by atoms with Gasteiger partial charge in [0.25, 0.3) is 0 Å². The Kier molecular flexibility index (Phi) is 5.42. The Balaban J connectivity index is 1.40. The predicted molar refractivity (Wildman–Crippen MR) is 108 cm³/mol. The van der Waals surface area contributed by atoms with Gasteiger partial charge in [0.05, 0.1) is 11.4 Å². The molecule has 0 amide bonds. The van der Waals surface area contributed by atoms with E-state index in [9.17, 15) is 8.78 Å². The number of rotatable bonds is 6. The summed E-state index contributed by atoms with van der Waals surface area (Å²) in [5.41, 5.74) is 3.46. The first-order chi connectivity index (χ1) is 13.7. The number of para-hydroxylation sites is 2. The van der Waals surface area contributed by atoms with Gasteiger partial charge in [0.2, 0.25) is 0 Å². The topological polar surface area (TPSA) is 24.5 Å². The molecule has 1 saturated heterocycles. The quantitative estimate of drug-likeness (QED) is 0.570. The summed E-state index contributed by atoms with van der Waals surface area (Å²) < 4.78 is 32.1. The number of hydrogen-bond donors (Lipinski definition) is 1. The molecular formula is C23H22F2N2O. The molecule has 0 aliphatic carbocycles. The minimum absolute atomic E-state index is 0.142. The van der Waals surface area contributed by atoms with E-state index in [1.54, 1.807) is 12.1 Å². The molecule has 0 saturated carbocycles. The summed E-state index contributed by atoms with van der Waals surface area (Å²) in [5.74, 6) is -0.644. The molecule has 4 rings (SSSR count). The Bertz CT molecular complexity index is 917. The second-order valence-corrected chi connectivity index (χ2v) is 6.92. The fourth-order valence-corrected chi connectivity index (χ4v) is 3.45. The lowest BCUT2D eigenvalue weighted by atomic mass is 10.2. The monoisotopic (exact) mass is 380 g/mol. The standard InChI is InChI=1S/C23H22F2N2O/c24-18-13-19(25)15-21(14-18)28-20-9-7-17(8-10-20)16-26-22-5-1-2-6-23(22)27-11-3-4-12-27/h1-2,5-10,13-15,26H,3-4,11-12,16H2. The fraction of sp³-hybridized carbons (Fsp3) is 0.217. The molecule has 0 aromatic heterocycles. The van der Waals surface area contributed by atoms with E-state index >= 15 is 0 Å². The van der Waals surface area contributed by atoms with E-state index in [1.165, 1.54) is 18.5 Å². The van der Waals surface area contributed by atoms with Crippen LogP contribution in [-0.2, 0) is 6.54 Å². The van der Waals surface area contributed by atoms with Crippen molar-refractivity contribution in [1.29, 1.82) is 0 Å². The highest BCUT2D eigenvalue weighted by Crippen LogP contribution is 2.29. The van der Waals surface area contributed by atoms with Gasteiger partial charge < -0.3 is 15.0 Å². The number of nitrogens with zero attached hydrogens (tertiary/aromatic N) is 1. The van der Waals surface area contributed by atoms with Crippen molar-refractivity contribution >= 4 is 11.4 Å². The predicted octanol–water partition coefficient (Wildman–Crippen LogP) is 5.97. The van der Waals surface area contributed by atoms with E-state index in [1.807, 2.05) is 18.2 Å². The van der Waals surface area contributed by atoms with Crippen LogP contribution in [0.5, 0.6) is 11.5 Å². The number of hydrogen-bond acceptors (Lipinski definition) is 3. The van der Waals surface area contributed by atoms with Crippen LogP contribution in [0.1, 0.15) is 18.4 Å². The van der Waals surface area contributed by atoms with E-state index in [0.717, 1.165) is 42.5 Å². The molecule has 28 heavy (non-hydrogen) atoms. The molecule has 1 heterocycles. The lowest BCUT2D eigenvalue weighted by Gasteiger charge is -2.22. The van der Waals surface area contributed by atoms with Crippen molar-refractivity contribution in [2.45, 2.75) is 19.4 Å². The highest BCUT2D eigenvalue weighted by molar-refractivity contribution is 5.70. The van der Waals surface area contributed by atoms with Crippen LogP contribution in [0.25, 0.3) is 0 Å². The molecule has 0 atom stereocenters. The van der Waals surface area contributed by atoms with Crippen LogP contribution in [0.2, 0.25) is 0 Å². The van der Waals surface area contributed by atoms with Crippen LogP contribution in [-0.4, -0.2) is 13.1 Å². The minimum atomic E-state index is -0.660. The summed E-state index contributed by atoms with van der Waals surface area (Å²) in [5, 5.41) is 3.51. The van der Waals surface area contributed by atoms with Crippen LogP contribution in [0, 0.1) is 11.6 Å². The third kappa shape index (κ3) is 4.42. The van der Waals surface area contributed by atoms with Gasteiger partial charge in [-0.25, -0.2) is 8.78 Å². The zero-order valence-electron chi connectivity index (χ0n) is 15.5. The zero-order chi connectivity index (χ0) is 19.3. The summed E-state index contributed by atoms with van der Waals surface area (Å²) in [6.07, 6.45) is 2.48. The fourth-order valence-electron chi connectivity index (χ4n) is 3.45. The number of ether oxygens (including phenoxy) is 1. The van der Waals surface area contributed by atoms with Gasteiger partial charge in [-0.3, -0.25) is 0 Å². The van der Waals surface area contributed by atoms with E-state index in [2.05, 4.69) is 28.4 Å². The maximum absolute atomic E-state index is 13.3. The molecule has 1 fully saturated rings. The third-order valence-corrected chi connectivity index (χ3v) is 4.83. The van der Waals surface area contributed by atoms with E-state index in [4.69, 9.17) is 4.74 Å². The Morgan fingerprint density at radius 3 is 2.21 bits per heavy atom. The Morgan fingerprint density at radius 2 is 1.50 bits per heavy atom. The highest BCUT2D eigenvalue weighted by atomic mass is 19.1. The van der Waals surface area contributed by atoms with Crippen molar-refractivity contribution in [3.8, 4) is 11.5 Å². The molecule has 3 nitrogen and oxygen atoms in total.